The van der Waals surface area contributed by atoms with Crippen LogP contribution in [0, 0.1) is 12.8 Å². The summed E-state index contributed by atoms with van der Waals surface area (Å²) in [5.41, 5.74) is 4.62. The van der Waals surface area contributed by atoms with Gasteiger partial charge in [-0.05, 0) is 35.6 Å². The number of hydrogen-bond acceptors (Lipinski definition) is 3. The first kappa shape index (κ1) is 22.5. The standard InChI is InChI=1S/C27H30N4O2/c1-4-13-30-15-16-31(27(33)25-28-12-14-29(25)3)19-23(26(30)32)18-21-9-7-10-22(17-21)24-11-6-5-8-20(24)2/h4-12,14,17,23H,1,13,15-16,18-19H2,2-3H3/t23-/m0/s1. The Balaban J connectivity index is 1.61. The third-order valence-electron chi connectivity index (χ3n) is 6.26. The van der Waals surface area contributed by atoms with Gasteiger partial charge < -0.3 is 14.4 Å². The van der Waals surface area contributed by atoms with Crippen LogP contribution in [0.15, 0.2) is 73.6 Å². The minimum atomic E-state index is -0.330. The average molecular weight is 443 g/mol. The fraction of sp³-hybridized carbons (Fsp3) is 0.296. The van der Waals surface area contributed by atoms with Gasteiger partial charge in [0.2, 0.25) is 5.91 Å². The van der Waals surface area contributed by atoms with Crippen LogP contribution in [0.25, 0.3) is 11.1 Å². The number of rotatable bonds is 6. The van der Waals surface area contributed by atoms with Gasteiger partial charge in [-0.25, -0.2) is 4.98 Å². The van der Waals surface area contributed by atoms with E-state index in [-0.39, 0.29) is 17.7 Å². The molecule has 1 aliphatic heterocycles. The maximum absolute atomic E-state index is 13.4. The van der Waals surface area contributed by atoms with E-state index >= 15 is 0 Å². The van der Waals surface area contributed by atoms with Crippen molar-refractivity contribution in [3.05, 3.63) is 90.5 Å². The summed E-state index contributed by atoms with van der Waals surface area (Å²) in [6, 6.07) is 16.6. The van der Waals surface area contributed by atoms with Gasteiger partial charge in [0, 0.05) is 45.6 Å². The average Bonchev–Trinajstić information content (AvgIpc) is 3.19. The molecule has 2 heterocycles. The number of hydrogen-bond donors (Lipinski definition) is 0. The van der Waals surface area contributed by atoms with Crippen LogP contribution >= 0.6 is 0 Å². The second kappa shape index (κ2) is 9.86. The Bertz CT molecular complexity index is 1170. The van der Waals surface area contributed by atoms with Crippen molar-refractivity contribution in [3.63, 3.8) is 0 Å². The first-order valence-corrected chi connectivity index (χ1v) is 11.3. The molecule has 1 saturated heterocycles. The lowest BCUT2D eigenvalue weighted by Gasteiger charge is -2.23. The predicted molar refractivity (Wildman–Crippen MR) is 130 cm³/mol. The molecule has 2 amide bonds. The summed E-state index contributed by atoms with van der Waals surface area (Å²) in [5.74, 6) is -0.0237. The highest BCUT2D eigenvalue weighted by atomic mass is 16.2. The predicted octanol–water partition coefficient (Wildman–Crippen LogP) is 3.72. The first-order valence-electron chi connectivity index (χ1n) is 11.3. The second-order valence-electron chi connectivity index (χ2n) is 8.60. The summed E-state index contributed by atoms with van der Waals surface area (Å²) in [5, 5.41) is 0. The monoisotopic (exact) mass is 442 g/mol. The van der Waals surface area contributed by atoms with Crippen molar-refractivity contribution >= 4 is 11.8 Å². The van der Waals surface area contributed by atoms with E-state index < -0.39 is 0 Å². The molecule has 2 aromatic carbocycles. The molecule has 6 heteroatoms. The quantitative estimate of drug-likeness (QED) is 0.547. The van der Waals surface area contributed by atoms with Gasteiger partial charge in [-0.2, -0.15) is 0 Å². The van der Waals surface area contributed by atoms with Gasteiger partial charge in [0.1, 0.15) is 0 Å². The van der Waals surface area contributed by atoms with Gasteiger partial charge in [0.15, 0.2) is 5.82 Å². The van der Waals surface area contributed by atoms with Crippen LogP contribution in [-0.4, -0.2) is 57.3 Å². The Morgan fingerprint density at radius 1 is 1.18 bits per heavy atom. The zero-order valence-corrected chi connectivity index (χ0v) is 19.3. The van der Waals surface area contributed by atoms with Crippen LogP contribution in [-0.2, 0) is 18.3 Å². The third kappa shape index (κ3) is 4.90. The molecule has 1 atom stereocenters. The van der Waals surface area contributed by atoms with Crippen molar-refractivity contribution < 1.29 is 9.59 Å². The lowest BCUT2D eigenvalue weighted by molar-refractivity contribution is -0.134. The summed E-state index contributed by atoms with van der Waals surface area (Å²) in [4.78, 5) is 34.3. The van der Waals surface area contributed by atoms with Crippen LogP contribution in [0.4, 0.5) is 0 Å². The number of carbonyl (C=O) groups is 2. The molecule has 0 bridgehead atoms. The molecule has 6 nitrogen and oxygen atoms in total. The lowest BCUT2D eigenvalue weighted by Crippen LogP contribution is -2.38. The number of carbonyl (C=O) groups excluding carboxylic acids is 2. The number of imidazole rings is 1. The van der Waals surface area contributed by atoms with E-state index in [1.165, 1.54) is 11.1 Å². The molecule has 3 aromatic rings. The summed E-state index contributed by atoms with van der Waals surface area (Å²) in [6.07, 6.45) is 5.68. The van der Waals surface area contributed by atoms with Crippen LogP contribution < -0.4 is 0 Å². The van der Waals surface area contributed by atoms with E-state index in [4.69, 9.17) is 0 Å². The highest BCUT2D eigenvalue weighted by Crippen LogP contribution is 2.26. The molecule has 0 radical (unpaired) electrons. The van der Waals surface area contributed by atoms with Gasteiger partial charge in [0.05, 0.1) is 5.92 Å². The largest absolute Gasteiger partial charge is 0.337 e. The van der Waals surface area contributed by atoms with Crippen molar-refractivity contribution in [2.45, 2.75) is 13.3 Å². The fourth-order valence-corrected chi connectivity index (χ4v) is 4.48. The molecule has 1 fully saturated rings. The van der Waals surface area contributed by atoms with E-state index in [1.54, 1.807) is 32.8 Å². The molecular formula is C27H30N4O2. The molecule has 0 spiro atoms. The van der Waals surface area contributed by atoms with Crippen molar-refractivity contribution in [2.24, 2.45) is 13.0 Å². The number of nitrogens with zero attached hydrogens (tertiary/aromatic N) is 4. The Morgan fingerprint density at radius 2 is 2.00 bits per heavy atom. The van der Waals surface area contributed by atoms with Crippen molar-refractivity contribution in [3.8, 4) is 11.1 Å². The topological polar surface area (TPSA) is 58.4 Å². The molecule has 0 unspecified atom stereocenters. The van der Waals surface area contributed by atoms with Gasteiger partial charge in [0.25, 0.3) is 5.91 Å². The molecule has 1 aliphatic rings. The van der Waals surface area contributed by atoms with Crippen molar-refractivity contribution in [2.75, 3.05) is 26.2 Å². The highest BCUT2D eigenvalue weighted by molar-refractivity contribution is 5.91. The summed E-state index contributed by atoms with van der Waals surface area (Å²) < 4.78 is 1.72. The Kier molecular flexibility index (Phi) is 6.73. The van der Waals surface area contributed by atoms with Crippen molar-refractivity contribution in [1.29, 1.82) is 0 Å². The maximum Gasteiger partial charge on any atom is 0.289 e. The number of benzene rings is 2. The van der Waals surface area contributed by atoms with Gasteiger partial charge >= 0.3 is 0 Å². The Hall–Kier alpha value is -3.67. The zero-order chi connectivity index (χ0) is 23.4. The zero-order valence-electron chi connectivity index (χ0n) is 19.3. The van der Waals surface area contributed by atoms with Crippen molar-refractivity contribution in [1.82, 2.24) is 19.4 Å². The molecule has 0 aliphatic carbocycles. The lowest BCUT2D eigenvalue weighted by atomic mass is 9.93. The van der Waals surface area contributed by atoms with Gasteiger partial charge in [-0.15, -0.1) is 6.58 Å². The summed E-state index contributed by atoms with van der Waals surface area (Å²) >= 11 is 0. The van der Waals surface area contributed by atoms with Crippen LogP contribution in [0.5, 0.6) is 0 Å². The molecule has 33 heavy (non-hydrogen) atoms. The van der Waals surface area contributed by atoms with E-state index in [0.717, 1.165) is 11.1 Å². The minimum Gasteiger partial charge on any atom is -0.337 e. The van der Waals surface area contributed by atoms with Gasteiger partial charge in [-0.3, -0.25) is 9.59 Å². The number of aromatic nitrogens is 2. The SMILES string of the molecule is C=CCN1CCN(C(=O)c2nccn2C)C[C@H](Cc2cccc(-c3ccccc3C)c2)C1=O. The Labute approximate surface area is 195 Å². The van der Waals surface area contributed by atoms with Crippen LogP contribution in [0.1, 0.15) is 21.7 Å². The van der Waals surface area contributed by atoms with Crippen LogP contribution in [0.2, 0.25) is 0 Å². The molecule has 0 saturated carbocycles. The normalized spacial score (nSPS) is 16.5. The molecule has 0 N–H and O–H groups in total. The first-order chi connectivity index (χ1) is 16.0. The van der Waals surface area contributed by atoms with E-state index in [9.17, 15) is 9.59 Å². The van der Waals surface area contributed by atoms with Crippen LogP contribution in [0.3, 0.4) is 0 Å². The molecule has 170 valence electrons. The number of amides is 2. The third-order valence-corrected chi connectivity index (χ3v) is 6.26. The number of aryl methyl sites for hydroxylation is 2. The Morgan fingerprint density at radius 3 is 2.73 bits per heavy atom. The van der Waals surface area contributed by atoms with Gasteiger partial charge in [-0.1, -0.05) is 54.6 Å². The van der Waals surface area contributed by atoms with E-state index in [0.29, 0.717) is 38.4 Å². The minimum absolute atomic E-state index is 0.0614. The molecule has 1 aromatic heterocycles. The van der Waals surface area contributed by atoms with E-state index in [2.05, 4.69) is 48.8 Å². The smallest absolute Gasteiger partial charge is 0.289 e. The molecule has 4 rings (SSSR count). The fourth-order valence-electron chi connectivity index (χ4n) is 4.48. The highest BCUT2D eigenvalue weighted by Gasteiger charge is 2.33. The van der Waals surface area contributed by atoms with E-state index in [1.807, 2.05) is 25.2 Å². The molecular weight excluding hydrogens is 412 g/mol. The second-order valence-corrected chi connectivity index (χ2v) is 8.60. The summed E-state index contributed by atoms with van der Waals surface area (Å²) in [7, 11) is 1.81. The maximum atomic E-state index is 13.4. The summed E-state index contributed by atoms with van der Waals surface area (Å²) in [6.45, 7) is 7.71.